The molecule has 2 rings (SSSR count). The Labute approximate surface area is 99.4 Å². The lowest BCUT2D eigenvalue weighted by Crippen LogP contribution is -2.09. The summed E-state index contributed by atoms with van der Waals surface area (Å²) in [6.07, 6.45) is -2.07. The van der Waals surface area contributed by atoms with Crippen molar-refractivity contribution < 1.29 is 22.0 Å². The Hall–Kier alpha value is -2.05. The van der Waals surface area contributed by atoms with E-state index in [4.69, 9.17) is 4.42 Å². The summed E-state index contributed by atoms with van der Waals surface area (Å²) in [5.41, 5.74) is -1.15. The summed E-state index contributed by atoms with van der Waals surface area (Å²) in [6.45, 7) is 0.170. The molecule has 0 unspecified atom stereocenters. The molecule has 96 valence electrons. The lowest BCUT2D eigenvalue weighted by molar-refractivity contribution is -0.139. The van der Waals surface area contributed by atoms with Gasteiger partial charge in [0.1, 0.15) is 11.6 Å². The minimum atomic E-state index is -4.71. The molecule has 2 aromatic rings. The zero-order valence-electron chi connectivity index (χ0n) is 8.96. The summed E-state index contributed by atoms with van der Waals surface area (Å²) in [4.78, 5) is 3.66. The first-order valence-corrected chi connectivity index (χ1v) is 4.95. The number of halogens is 4. The molecule has 0 saturated heterocycles. The number of oxazole rings is 1. The van der Waals surface area contributed by atoms with Gasteiger partial charge in [0.25, 0.3) is 0 Å². The highest BCUT2D eigenvalue weighted by Crippen LogP contribution is 2.33. The van der Waals surface area contributed by atoms with Crippen molar-refractivity contribution in [2.45, 2.75) is 12.7 Å². The second kappa shape index (κ2) is 4.67. The van der Waals surface area contributed by atoms with Crippen LogP contribution in [0.25, 0.3) is 0 Å². The molecule has 0 fully saturated rings. The molecule has 1 heterocycles. The number of hydrogen-bond donors (Lipinski definition) is 1. The molecule has 1 aromatic carbocycles. The number of nitrogens with one attached hydrogen (secondary N) is 1. The van der Waals surface area contributed by atoms with Crippen molar-refractivity contribution in [3.05, 3.63) is 47.9 Å². The summed E-state index contributed by atoms with van der Waals surface area (Å²) in [7, 11) is 0. The van der Waals surface area contributed by atoms with Crippen LogP contribution in [0, 0.1) is 5.82 Å². The van der Waals surface area contributed by atoms with Crippen LogP contribution < -0.4 is 5.32 Å². The van der Waals surface area contributed by atoms with E-state index in [0.717, 1.165) is 6.07 Å². The first-order chi connectivity index (χ1) is 8.47. The van der Waals surface area contributed by atoms with Crippen LogP contribution in [0.5, 0.6) is 0 Å². The molecule has 0 bridgehead atoms. The maximum atomic E-state index is 13.0. The molecule has 7 heteroatoms. The Morgan fingerprint density at radius 1 is 1.28 bits per heavy atom. The van der Waals surface area contributed by atoms with Gasteiger partial charge in [0.2, 0.25) is 0 Å². The van der Waals surface area contributed by atoms with E-state index in [0.29, 0.717) is 11.8 Å². The predicted octanol–water partition coefficient (Wildman–Crippen LogP) is 3.44. The molecule has 3 nitrogen and oxygen atoms in total. The third-order valence-corrected chi connectivity index (χ3v) is 2.22. The average molecular weight is 260 g/mol. The van der Waals surface area contributed by atoms with Crippen LogP contribution >= 0.6 is 0 Å². The van der Waals surface area contributed by atoms with Gasteiger partial charge in [-0.25, -0.2) is 9.37 Å². The van der Waals surface area contributed by atoms with Gasteiger partial charge in [-0.1, -0.05) is 0 Å². The summed E-state index contributed by atoms with van der Waals surface area (Å²) in [5.74, 6) is -0.833. The monoisotopic (exact) mass is 260 g/mol. The van der Waals surface area contributed by atoms with E-state index < -0.39 is 17.6 Å². The van der Waals surface area contributed by atoms with Crippen LogP contribution in [0.1, 0.15) is 11.3 Å². The van der Waals surface area contributed by atoms with Crippen LogP contribution in [0.15, 0.2) is 35.2 Å². The molecule has 0 aliphatic rings. The van der Waals surface area contributed by atoms with Gasteiger partial charge in [0, 0.05) is 5.69 Å². The smallest absolute Gasteiger partial charge is 0.419 e. The Morgan fingerprint density at radius 3 is 2.67 bits per heavy atom. The molecule has 0 spiro atoms. The molecule has 18 heavy (non-hydrogen) atoms. The standard InChI is InChI=1S/C11H8F4N2O/c12-10-2-1-7(3-9(10)11(13,14)15)17-5-8-4-16-6-18-8/h1-4,6,17H,5H2. The van der Waals surface area contributed by atoms with Gasteiger partial charge in [-0.05, 0) is 18.2 Å². The quantitative estimate of drug-likeness (QED) is 0.859. The second-order valence-electron chi connectivity index (χ2n) is 3.51. The SMILES string of the molecule is Fc1ccc(NCc2cnco2)cc1C(F)(F)F. The fourth-order valence-electron chi connectivity index (χ4n) is 1.37. The Morgan fingerprint density at radius 2 is 2.06 bits per heavy atom. The molecule has 0 radical (unpaired) electrons. The van der Waals surface area contributed by atoms with Crippen molar-refractivity contribution in [3.63, 3.8) is 0 Å². The Kier molecular flexibility index (Phi) is 3.22. The first kappa shape index (κ1) is 12.4. The normalized spacial score (nSPS) is 11.6. The summed E-state index contributed by atoms with van der Waals surface area (Å²) >= 11 is 0. The van der Waals surface area contributed by atoms with E-state index in [9.17, 15) is 17.6 Å². The van der Waals surface area contributed by atoms with Gasteiger partial charge in [0.15, 0.2) is 6.39 Å². The number of benzene rings is 1. The van der Waals surface area contributed by atoms with E-state index >= 15 is 0 Å². The second-order valence-corrected chi connectivity index (χ2v) is 3.51. The minimum Gasteiger partial charge on any atom is -0.447 e. The summed E-state index contributed by atoms with van der Waals surface area (Å²) in [6, 6.07) is 2.71. The fraction of sp³-hybridized carbons (Fsp3) is 0.182. The van der Waals surface area contributed by atoms with E-state index in [1.165, 1.54) is 18.7 Å². The van der Waals surface area contributed by atoms with Gasteiger partial charge in [0.05, 0.1) is 18.3 Å². The van der Waals surface area contributed by atoms with E-state index in [1.807, 2.05) is 0 Å². The van der Waals surface area contributed by atoms with Crippen molar-refractivity contribution in [2.75, 3.05) is 5.32 Å². The number of rotatable bonds is 3. The maximum Gasteiger partial charge on any atom is 0.419 e. The van der Waals surface area contributed by atoms with Crippen LogP contribution in [0.3, 0.4) is 0 Å². The molecular weight excluding hydrogens is 252 g/mol. The van der Waals surface area contributed by atoms with Gasteiger partial charge in [-0.3, -0.25) is 0 Å². The largest absolute Gasteiger partial charge is 0.447 e. The zero-order valence-corrected chi connectivity index (χ0v) is 8.96. The van der Waals surface area contributed by atoms with Crippen LogP contribution in [0.4, 0.5) is 23.2 Å². The lowest BCUT2D eigenvalue weighted by Gasteiger charge is -2.10. The Bertz CT molecular complexity index is 522. The van der Waals surface area contributed by atoms with Gasteiger partial charge in [-0.15, -0.1) is 0 Å². The van der Waals surface area contributed by atoms with Gasteiger partial charge in [-0.2, -0.15) is 13.2 Å². The van der Waals surface area contributed by atoms with Crippen molar-refractivity contribution in [1.29, 1.82) is 0 Å². The highest BCUT2D eigenvalue weighted by atomic mass is 19.4. The van der Waals surface area contributed by atoms with Crippen LogP contribution in [0.2, 0.25) is 0 Å². The topological polar surface area (TPSA) is 38.1 Å². The van der Waals surface area contributed by atoms with Crippen LogP contribution in [-0.4, -0.2) is 4.98 Å². The fourth-order valence-corrected chi connectivity index (χ4v) is 1.37. The average Bonchev–Trinajstić information content (AvgIpc) is 2.79. The molecule has 1 N–H and O–H groups in total. The van der Waals surface area contributed by atoms with E-state index in [1.54, 1.807) is 0 Å². The zero-order chi connectivity index (χ0) is 13.2. The predicted molar refractivity (Wildman–Crippen MR) is 55.2 cm³/mol. The number of hydrogen-bond acceptors (Lipinski definition) is 3. The van der Waals surface area contributed by atoms with E-state index in [-0.39, 0.29) is 12.2 Å². The highest BCUT2D eigenvalue weighted by molar-refractivity contribution is 5.47. The first-order valence-electron chi connectivity index (χ1n) is 4.95. The molecule has 0 atom stereocenters. The highest BCUT2D eigenvalue weighted by Gasteiger charge is 2.34. The molecule has 1 aromatic heterocycles. The molecular formula is C11H8F4N2O. The third kappa shape index (κ3) is 2.79. The number of anilines is 1. The van der Waals surface area contributed by atoms with Crippen molar-refractivity contribution in [3.8, 4) is 0 Å². The Balaban J connectivity index is 2.15. The van der Waals surface area contributed by atoms with E-state index in [2.05, 4.69) is 10.3 Å². The number of aromatic nitrogens is 1. The molecule has 0 saturated carbocycles. The third-order valence-electron chi connectivity index (χ3n) is 2.22. The lowest BCUT2D eigenvalue weighted by atomic mass is 10.2. The molecule has 0 aliphatic carbocycles. The van der Waals surface area contributed by atoms with Crippen molar-refractivity contribution >= 4 is 5.69 Å². The van der Waals surface area contributed by atoms with Gasteiger partial charge >= 0.3 is 6.18 Å². The maximum absolute atomic E-state index is 13.0. The number of alkyl halides is 3. The van der Waals surface area contributed by atoms with Crippen molar-refractivity contribution in [2.24, 2.45) is 0 Å². The number of nitrogens with zero attached hydrogens (tertiary/aromatic N) is 1. The summed E-state index contributed by atoms with van der Waals surface area (Å²) in [5, 5.41) is 2.69. The van der Waals surface area contributed by atoms with Crippen molar-refractivity contribution in [1.82, 2.24) is 4.98 Å². The minimum absolute atomic E-state index is 0.153. The molecule has 0 amide bonds. The van der Waals surface area contributed by atoms with Crippen LogP contribution in [-0.2, 0) is 12.7 Å². The van der Waals surface area contributed by atoms with Gasteiger partial charge < -0.3 is 9.73 Å². The molecule has 0 aliphatic heterocycles. The summed E-state index contributed by atoms with van der Waals surface area (Å²) < 4.78 is 55.2.